The number of hydrogen-bond donors (Lipinski definition) is 0. The minimum atomic E-state index is -0.203. The lowest BCUT2D eigenvalue weighted by atomic mass is 9.99. The van der Waals surface area contributed by atoms with Crippen molar-refractivity contribution < 1.29 is 4.39 Å². The van der Waals surface area contributed by atoms with Crippen LogP contribution in [0.3, 0.4) is 0 Å². The second-order valence-corrected chi connectivity index (χ2v) is 6.54. The zero-order valence-electron chi connectivity index (χ0n) is 16.0. The van der Waals surface area contributed by atoms with E-state index in [4.69, 9.17) is 0 Å². The lowest BCUT2D eigenvalue weighted by molar-refractivity contribution is 0.669. The lowest BCUT2D eigenvalue weighted by Crippen LogP contribution is -1.90. The molecule has 136 valence electrons. The first-order valence-corrected chi connectivity index (χ1v) is 9.53. The second kappa shape index (κ2) is 10.6. The molecular formula is C25H29F. The summed E-state index contributed by atoms with van der Waals surface area (Å²) in [5.41, 5.74) is 5.19. The molecule has 2 aromatic rings. The van der Waals surface area contributed by atoms with Gasteiger partial charge in [-0.25, -0.2) is 4.39 Å². The minimum absolute atomic E-state index is 0.203. The van der Waals surface area contributed by atoms with Gasteiger partial charge in [0.15, 0.2) is 0 Å². The molecule has 0 saturated carbocycles. The SMILES string of the molecule is C=C/C=C(\C(F)=C/Cc1ccc(CC)cc1)c1ccc(CCCC)cc1. The van der Waals surface area contributed by atoms with Crippen LogP contribution in [0.1, 0.15) is 48.9 Å². The maximum Gasteiger partial charge on any atom is 0.127 e. The standard InChI is InChI=1S/C25H29F/c1-4-7-9-21-14-17-23(18-15-21)24(8-5-2)25(26)19-16-22-12-10-20(6-3)11-13-22/h5,8,10-15,17-19H,2,4,6-7,9,16H2,1,3H3/b24-8-,25-19+. The molecule has 0 unspecified atom stereocenters. The van der Waals surface area contributed by atoms with Crippen LogP contribution in [0, 0.1) is 0 Å². The van der Waals surface area contributed by atoms with Crippen molar-refractivity contribution in [3.05, 3.63) is 101 Å². The molecule has 0 N–H and O–H groups in total. The van der Waals surface area contributed by atoms with Gasteiger partial charge in [-0.1, -0.05) is 87.5 Å². The molecule has 1 heteroatoms. The number of aryl methyl sites for hydroxylation is 2. The summed E-state index contributed by atoms with van der Waals surface area (Å²) in [5.74, 6) is -0.203. The molecule has 0 radical (unpaired) electrons. The molecule has 0 heterocycles. The summed E-state index contributed by atoms with van der Waals surface area (Å²) in [6, 6.07) is 16.6. The van der Waals surface area contributed by atoms with Crippen molar-refractivity contribution in [3.8, 4) is 0 Å². The van der Waals surface area contributed by atoms with E-state index in [1.807, 2.05) is 12.1 Å². The van der Waals surface area contributed by atoms with E-state index in [1.165, 1.54) is 24.0 Å². The first kappa shape index (κ1) is 19.9. The summed E-state index contributed by atoms with van der Waals surface area (Å²) in [4.78, 5) is 0. The van der Waals surface area contributed by atoms with Crippen molar-refractivity contribution in [1.82, 2.24) is 0 Å². The predicted molar refractivity (Wildman–Crippen MR) is 112 cm³/mol. The molecule has 0 aliphatic carbocycles. The van der Waals surface area contributed by atoms with Crippen molar-refractivity contribution in [2.75, 3.05) is 0 Å². The number of halogens is 1. The van der Waals surface area contributed by atoms with Gasteiger partial charge in [0, 0.05) is 5.57 Å². The van der Waals surface area contributed by atoms with Crippen molar-refractivity contribution in [2.24, 2.45) is 0 Å². The van der Waals surface area contributed by atoms with Crippen LogP contribution in [0.25, 0.3) is 5.57 Å². The van der Waals surface area contributed by atoms with Gasteiger partial charge in [0.1, 0.15) is 5.83 Å². The van der Waals surface area contributed by atoms with E-state index in [9.17, 15) is 4.39 Å². The molecule has 2 rings (SSSR count). The van der Waals surface area contributed by atoms with Gasteiger partial charge in [0.05, 0.1) is 0 Å². The van der Waals surface area contributed by atoms with E-state index < -0.39 is 0 Å². The Bertz CT molecular complexity index is 746. The first-order chi connectivity index (χ1) is 12.7. The first-order valence-electron chi connectivity index (χ1n) is 9.53. The molecule has 0 amide bonds. The normalized spacial score (nSPS) is 12.3. The van der Waals surface area contributed by atoms with E-state index in [0.29, 0.717) is 12.0 Å². The molecule has 0 aromatic heterocycles. The average molecular weight is 349 g/mol. The Kier molecular flexibility index (Phi) is 8.08. The van der Waals surface area contributed by atoms with Crippen molar-refractivity contribution in [1.29, 1.82) is 0 Å². The van der Waals surface area contributed by atoms with E-state index >= 15 is 0 Å². The van der Waals surface area contributed by atoms with Gasteiger partial charge in [0.2, 0.25) is 0 Å². The van der Waals surface area contributed by atoms with Gasteiger partial charge in [-0.15, -0.1) is 0 Å². The molecule has 0 aliphatic rings. The third kappa shape index (κ3) is 5.84. The van der Waals surface area contributed by atoms with Crippen molar-refractivity contribution in [2.45, 2.75) is 46.0 Å². The highest BCUT2D eigenvalue weighted by Crippen LogP contribution is 2.25. The molecule has 0 bridgehead atoms. The summed E-state index contributed by atoms with van der Waals surface area (Å²) >= 11 is 0. The predicted octanol–water partition coefficient (Wildman–Crippen LogP) is 7.26. The molecule has 2 aromatic carbocycles. The molecule has 26 heavy (non-hydrogen) atoms. The molecule has 0 saturated heterocycles. The molecule has 0 fully saturated rings. The van der Waals surface area contributed by atoms with Crippen LogP contribution in [0.2, 0.25) is 0 Å². The smallest absolute Gasteiger partial charge is 0.127 e. The fraction of sp³-hybridized carbons (Fsp3) is 0.280. The highest BCUT2D eigenvalue weighted by atomic mass is 19.1. The van der Waals surface area contributed by atoms with Gasteiger partial charge < -0.3 is 0 Å². The largest absolute Gasteiger partial charge is 0.207 e. The Morgan fingerprint density at radius 3 is 2.12 bits per heavy atom. The Morgan fingerprint density at radius 1 is 0.923 bits per heavy atom. The zero-order valence-corrected chi connectivity index (χ0v) is 16.0. The summed E-state index contributed by atoms with van der Waals surface area (Å²) in [5, 5.41) is 0. The lowest BCUT2D eigenvalue weighted by Gasteiger charge is -2.08. The maximum absolute atomic E-state index is 14.8. The summed E-state index contributed by atoms with van der Waals surface area (Å²) in [6.45, 7) is 8.06. The Balaban J connectivity index is 2.14. The van der Waals surface area contributed by atoms with Crippen LogP contribution in [0.5, 0.6) is 0 Å². The number of unbranched alkanes of at least 4 members (excludes halogenated alkanes) is 1. The monoisotopic (exact) mass is 348 g/mol. The third-order valence-corrected chi connectivity index (χ3v) is 4.57. The average Bonchev–Trinajstić information content (AvgIpc) is 2.69. The van der Waals surface area contributed by atoms with Crippen LogP contribution < -0.4 is 0 Å². The number of hydrogen-bond acceptors (Lipinski definition) is 0. The molecular weight excluding hydrogens is 319 g/mol. The van der Waals surface area contributed by atoms with Gasteiger partial charge in [-0.05, 0) is 54.0 Å². The maximum atomic E-state index is 14.8. The Hall–Kier alpha value is -2.41. The van der Waals surface area contributed by atoms with E-state index in [1.54, 1.807) is 18.2 Å². The van der Waals surface area contributed by atoms with Crippen LogP contribution in [-0.4, -0.2) is 0 Å². The summed E-state index contributed by atoms with van der Waals surface area (Å²) in [7, 11) is 0. The van der Waals surface area contributed by atoms with Gasteiger partial charge in [-0.2, -0.15) is 0 Å². The topological polar surface area (TPSA) is 0 Å². The number of rotatable bonds is 9. The second-order valence-electron chi connectivity index (χ2n) is 6.54. The summed E-state index contributed by atoms with van der Waals surface area (Å²) in [6.07, 6.45) is 10.1. The fourth-order valence-corrected chi connectivity index (χ4v) is 2.89. The Morgan fingerprint density at radius 2 is 1.54 bits per heavy atom. The third-order valence-electron chi connectivity index (χ3n) is 4.57. The van der Waals surface area contributed by atoms with E-state index in [2.05, 4.69) is 56.8 Å². The number of allylic oxidation sites excluding steroid dienone is 5. The minimum Gasteiger partial charge on any atom is -0.207 e. The van der Waals surface area contributed by atoms with E-state index in [0.717, 1.165) is 24.0 Å². The fourth-order valence-electron chi connectivity index (χ4n) is 2.89. The van der Waals surface area contributed by atoms with Gasteiger partial charge >= 0.3 is 0 Å². The van der Waals surface area contributed by atoms with Crippen LogP contribution in [-0.2, 0) is 19.3 Å². The van der Waals surface area contributed by atoms with Crippen LogP contribution >= 0.6 is 0 Å². The quantitative estimate of drug-likeness (QED) is 0.418. The zero-order chi connectivity index (χ0) is 18.8. The van der Waals surface area contributed by atoms with Crippen LogP contribution in [0.15, 0.2) is 79.2 Å². The number of benzene rings is 2. The molecule has 0 nitrogen and oxygen atoms in total. The van der Waals surface area contributed by atoms with Gasteiger partial charge in [-0.3, -0.25) is 0 Å². The van der Waals surface area contributed by atoms with Crippen LogP contribution in [0.4, 0.5) is 4.39 Å². The molecule has 0 spiro atoms. The van der Waals surface area contributed by atoms with Crippen molar-refractivity contribution in [3.63, 3.8) is 0 Å². The molecule has 0 aliphatic heterocycles. The van der Waals surface area contributed by atoms with Gasteiger partial charge in [0.25, 0.3) is 0 Å². The van der Waals surface area contributed by atoms with Crippen molar-refractivity contribution >= 4 is 5.57 Å². The highest BCUT2D eigenvalue weighted by molar-refractivity contribution is 5.78. The molecule has 0 atom stereocenters. The Labute approximate surface area is 157 Å². The highest BCUT2D eigenvalue weighted by Gasteiger charge is 2.07. The summed E-state index contributed by atoms with van der Waals surface area (Å²) < 4.78 is 14.8. The van der Waals surface area contributed by atoms with E-state index in [-0.39, 0.29) is 5.83 Å².